The Kier molecular flexibility index (Phi) is 4.74. The molecule has 0 spiro atoms. The van der Waals surface area contributed by atoms with Crippen LogP contribution in [0.2, 0.25) is 0 Å². The minimum atomic E-state index is -0.697. The van der Waals surface area contributed by atoms with Gasteiger partial charge < -0.3 is 14.5 Å². The van der Waals surface area contributed by atoms with Crippen molar-refractivity contribution in [2.24, 2.45) is 0 Å². The van der Waals surface area contributed by atoms with Gasteiger partial charge in [0.15, 0.2) is 6.61 Å². The Morgan fingerprint density at radius 1 is 1.41 bits per heavy atom. The number of nitrogens with one attached hydrogen (secondary N) is 2. The third kappa shape index (κ3) is 5.36. The summed E-state index contributed by atoms with van der Waals surface area (Å²) in [7, 11) is 0. The molecule has 0 aromatic carbocycles. The highest BCUT2D eigenvalue weighted by Gasteiger charge is 2.08. The molecule has 0 saturated heterocycles. The van der Waals surface area contributed by atoms with E-state index in [2.05, 4.69) is 10.1 Å². The van der Waals surface area contributed by atoms with Gasteiger partial charge in [0, 0.05) is 6.92 Å². The Labute approximate surface area is 97.1 Å². The molecule has 0 radical (unpaired) electrons. The van der Waals surface area contributed by atoms with Gasteiger partial charge in [-0.1, -0.05) is 0 Å². The van der Waals surface area contributed by atoms with Crippen LogP contribution in [0, 0.1) is 0 Å². The van der Waals surface area contributed by atoms with E-state index < -0.39 is 24.5 Å². The van der Waals surface area contributed by atoms with Crippen molar-refractivity contribution in [2.45, 2.75) is 13.5 Å². The average Bonchev–Trinajstić information content (AvgIpc) is 2.76. The Morgan fingerprint density at radius 2 is 2.18 bits per heavy atom. The summed E-state index contributed by atoms with van der Waals surface area (Å²) in [4.78, 5) is 32.6. The molecular weight excluding hydrogens is 228 g/mol. The van der Waals surface area contributed by atoms with Crippen molar-refractivity contribution in [3.8, 4) is 0 Å². The van der Waals surface area contributed by atoms with Crippen LogP contribution in [-0.2, 0) is 20.9 Å². The minimum Gasteiger partial charge on any atom is -0.467 e. The summed E-state index contributed by atoms with van der Waals surface area (Å²) in [6.07, 6.45) is 1.47. The molecule has 1 aromatic heterocycles. The van der Waals surface area contributed by atoms with Crippen LogP contribution in [0.15, 0.2) is 22.8 Å². The molecule has 0 bridgehead atoms. The van der Waals surface area contributed by atoms with Gasteiger partial charge in [0.2, 0.25) is 0 Å². The monoisotopic (exact) mass is 240 g/mol. The first-order valence-electron chi connectivity index (χ1n) is 4.81. The second-order valence-electron chi connectivity index (χ2n) is 3.09. The van der Waals surface area contributed by atoms with Crippen LogP contribution in [0.25, 0.3) is 0 Å². The third-order valence-electron chi connectivity index (χ3n) is 1.66. The summed E-state index contributed by atoms with van der Waals surface area (Å²) in [5, 5.41) is 4.39. The van der Waals surface area contributed by atoms with Gasteiger partial charge in [0.25, 0.3) is 5.91 Å². The van der Waals surface area contributed by atoms with Gasteiger partial charge in [0.05, 0.1) is 12.8 Å². The molecule has 17 heavy (non-hydrogen) atoms. The molecule has 1 aromatic rings. The van der Waals surface area contributed by atoms with Crippen molar-refractivity contribution < 1.29 is 23.5 Å². The van der Waals surface area contributed by atoms with Crippen molar-refractivity contribution >= 4 is 17.9 Å². The van der Waals surface area contributed by atoms with Crippen LogP contribution in [0.3, 0.4) is 0 Å². The van der Waals surface area contributed by atoms with E-state index in [0.717, 1.165) is 0 Å². The van der Waals surface area contributed by atoms with Crippen LogP contribution < -0.4 is 10.6 Å². The maximum Gasteiger partial charge on any atom is 0.321 e. The van der Waals surface area contributed by atoms with E-state index in [1.54, 1.807) is 12.1 Å². The number of esters is 1. The first kappa shape index (κ1) is 12.8. The smallest absolute Gasteiger partial charge is 0.321 e. The van der Waals surface area contributed by atoms with E-state index >= 15 is 0 Å². The van der Waals surface area contributed by atoms with E-state index in [1.807, 2.05) is 5.32 Å². The zero-order valence-corrected chi connectivity index (χ0v) is 9.19. The highest BCUT2D eigenvalue weighted by atomic mass is 16.5. The molecule has 1 heterocycles. The molecule has 7 heteroatoms. The first-order valence-corrected chi connectivity index (χ1v) is 4.81. The van der Waals surface area contributed by atoms with E-state index in [0.29, 0.717) is 5.76 Å². The Hall–Kier alpha value is -2.31. The molecule has 2 N–H and O–H groups in total. The van der Waals surface area contributed by atoms with Crippen molar-refractivity contribution in [2.75, 3.05) is 6.61 Å². The second kappa shape index (κ2) is 6.31. The van der Waals surface area contributed by atoms with Gasteiger partial charge in [-0.05, 0) is 12.1 Å². The normalized spacial score (nSPS) is 9.47. The third-order valence-corrected chi connectivity index (χ3v) is 1.66. The van der Waals surface area contributed by atoms with Crippen LogP contribution in [0.5, 0.6) is 0 Å². The predicted octanol–water partition coefficient (Wildman–Crippen LogP) is 0.168. The number of carbonyl (C=O) groups excluding carboxylic acids is 3. The second-order valence-corrected chi connectivity index (χ2v) is 3.09. The van der Waals surface area contributed by atoms with Gasteiger partial charge in [-0.3, -0.25) is 14.9 Å². The molecule has 0 aliphatic rings. The van der Waals surface area contributed by atoms with Gasteiger partial charge in [-0.2, -0.15) is 0 Å². The van der Waals surface area contributed by atoms with Crippen LogP contribution >= 0.6 is 0 Å². The lowest BCUT2D eigenvalue weighted by molar-refractivity contribution is -0.146. The molecule has 0 aliphatic heterocycles. The highest BCUT2D eigenvalue weighted by Crippen LogP contribution is 1.97. The van der Waals surface area contributed by atoms with E-state index in [-0.39, 0.29) is 6.54 Å². The predicted molar refractivity (Wildman–Crippen MR) is 55.7 cm³/mol. The minimum absolute atomic E-state index is 0.166. The maximum absolute atomic E-state index is 11.2. The van der Waals surface area contributed by atoms with Crippen molar-refractivity contribution in [3.63, 3.8) is 0 Å². The zero-order valence-electron chi connectivity index (χ0n) is 9.19. The fraction of sp³-hybridized carbons (Fsp3) is 0.300. The number of furan rings is 1. The molecule has 1 rings (SSSR count). The first-order chi connectivity index (χ1) is 8.08. The summed E-state index contributed by atoms with van der Waals surface area (Å²) in [5.41, 5.74) is 0. The topological polar surface area (TPSA) is 97.6 Å². The average molecular weight is 240 g/mol. The summed E-state index contributed by atoms with van der Waals surface area (Å²) in [5.74, 6) is -0.721. The Bertz CT molecular complexity index is 399. The summed E-state index contributed by atoms with van der Waals surface area (Å²) >= 11 is 0. The van der Waals surface area contributed by atoms with Gasteiger partial charge in [0.1, 0.15) is 5.76 Å². The molecule has 0 aliphatic carbocycles. The lowest BCUT2D eigenvalue weighted by Crippen LogP contribution is -2.41. The molecule has 0 saturated carbocycles. The Balaban J connectivity index is 2.20. The lowest BCUT2D eigenvalue weighted by Gasteiger charge is -2.05. The van der Waals surface area contributed by atoms with Crippen LogP contribution in [-0.4, -0.2) is 24.5 Å². The molecular formula is C10H12N2O5. The molecule has 7 nitrogen and oxygen atoms in total. The molecule has 0 atom stereocenters. The summed E-state index contributed by atoms with van der Waals surface area (Å²) < 4.78 is 9.38. The number of imide groups is 1. The number of hydrogen-bond donors (Lipinski definition) is 2. The van der Waals surface area contributed by atoms with E-state index in [4.69, 9.17) is 4.42 Å². The largest absolute Gasteiger partial charge is 0.467 e. The standard InChI is InChI=1S/C10H12N2O5/c1-7(13)17-6-9(14)12-10(15)11-5-8-3-2-4-16-8/h2-4H,5-6H2,1H3,(H2,11,12,14,15). The van der Waals surface area contributed by atoms with Gasteiger partial charge in [-0.25, -0.2) is 4.79 Å². The Morgan fingerprint density at radius 3 is 2.76 bits per heavy atom. The number of rotatable bonds is 4. The van der Waals surface area contributed by atoms with Gasteiger partial charge >= 0.3 is 12.0 Å². The fourth-order valence-electron chi connectivity index (χ4n) is 0.955. The number of urea groups is 1. The van der Waals surface area contributed by atoms with Crippen molar-refractivity contribution in [1.29, 1.82) is 0 Å². The SMILES string of the molecule is CC(=O)OCC(=O)NC(=O)NCc1ccco1. The summed E-state index contributed by atoms with van der Waals surface area (Å²) in [6.45, 7) is 0.855. The molecule has 3 amide bonds. The number of hydrogen-bond acceptors (Lipinski definition) is 5. The lowest BCUT2D eigenvalue weighted by atomic mass is 10.4. The maximum atomic E-state index is 11.2. The summed E-state index contributed by atoms with van der Waals surface area (Å²) in [6, 6.07) is 2.68. The van der Waals surface area contributed by atoms with E-state index in [1.165, 1.54) is 13.2 Å². The number of ether oxygens (including phenoxy) is 1. The van der Waals surface area contributed by atoms with Crippen LogP contribution in [0.1, 0.15) is 12.7 Å². The highest BCUT2D eigenvalue weighted by molar-refractivity contribution is 5.95. The molecule has 0 fully saturated rings. The zero-order chi connectivity index (χ0) is 12.7. The van der Waals surface area contributed by atoms with Gasteiger partial charge in [-0.15, -0.1) is 0 Å². The van der Waals surface area contributed by atoms with E-state index in [9.17, 15) is 14.4 Å². The van der Waals surface area contributed by atoms with Crippen molar-refractivity contribution in [1.82, 2.24) is 10.6 Å². The van der Waals surface area contributed by atoms with Crippen molar-refractivity contribution in [3.05, 3.63) is 24.2 Å². The molecule has 0 unspecified atom stereocenters. The molecule has 92 valence electrons. The fourth-order valence-corrected chi connectivity index (χ4v) is 0.955. The van der Waals surface area contributed by atoms with Crippen LogP contribution in [0.4, 0.5) is 4.79 Å². The number of amides is 3. The number of carbonyl (C=O) groups is 3. The quantitative estimate of drug-likeness (QED) is 0.731.